The van der Waals surface area contributed by atoms with E-state index in [0.29, 0.717) is 23.2 Å². The SMILES string of the molecule is Cc1nc(C(=O)Nc2cc(C3CC3)[nH]n2)nn1-c1ccc(F)cc1. The summed E-state index contributed by atoms with van der Waals surface area (Å²) in [6.45, 7) is 1.73. The number of benzene rings is 1. The number of hydrogen-bond donors (Lipinski definition) is 2. The fraction of sp³-hybridized carbons (Fsp3) is 0.250. The molecule has 0 unspecified atom stereocenters. The second-order valence-corrected chi connectivity index (χ2v) is 5.81. The second kappa shape index (κ2) is 5.55. The number of aromatic nitrogens is 5. The first-order valence-electron chi connectivity index (χ1n) is 7.66. The Balaban J connectivity index is 1.53. The van der Waals surface area contributed by atoms with Gasteiger partial charge in [-0.05, 0) is 44.0 Å². The van der Waals surface area contributed by atoms with Crippen molar-refractivity contribution in [3.05, 3.63) is 53.5 Å². The number of hydrogen-bond acceptors (Lipinski definition) is 4. The first-order valence-corrected chi connectivity index (χ1v) is 7.66. The van der Waals surface area contributed by atoms with E-state index in [1.807, 2.05) is 6.07 Å². The molecule has 8 heteroatoms. The Hall–Kier alpha value is -3.03. The van der Waals surface area contributed by atoms with Gasteiger partial charge in [0.1, 0.15) is 11.6 Å². The lowest BCUT2D eigenvalue weighted by atomic mass is 10.3. The molecule has 122 valence electrons. The highest BCUT2D eigenvalue weighted by molar-refractivity contribution is 6.00. The van der Waals surface area contributed by atoms with Crippen LogP contribution in [0, 0.1) is 12.7 Å². The maximum Gasteiger partial charge on any atom is 0.296 e. The van der Waals surface area contributed by atoms with Crippen LogP contribution in [-0.4, -0.2) is 30.9 Å². The lowest BCUT2D eigenvalue weighted by Crippen LogP contribution is -2.14. The zero-order valence-electron chi connectivity index (χ0n) is 13.0. The van der Waals surface area contributed by atoms with Crippen molar-refractivity contribution in [3.63, 3.8) is 0 Å². The molecule has 24 heavy (non-hydrogen) atoms. The summed E-state index contributed by atoms with van der Waals surface area (Å²) in [6, 6.07) is 7.65. The zero-order chi connectivity index (χ0) is 16.7. The monoisotopic (exact) mass is 326 g/mol. The average molecular weight is 326 g/mol. The Kier molecular flexibility index (Phi) is 3.37. The topological polar surface area (TPSA) is 88.5 Å². The maximum atomic E-state index is 13.0. The molecule has 1 saturated carbocycles. The van der Waals surface area contributed by atoms with Crippen LogP contribution in [0.4, 0.5) is 10.2 Å². The number of amides is 1. The summed E-state index contributed by atoms with van der Waals surface area (Å²) in [5.74, 6) is 0.784. The number of halogens is 1. The van der Waals surface area contributed by atoms with Crippen LogP contribution in [0.2, 0.25) is 0 Å². The molecule has 7 nitrogen and oxygen atoms in total. The third kappa shape index (κ3) is 2.78. The van der Waals surface area contributed by atoms with E-state index in [0.717, 1.165) is 18.5 Å². The van der Waals surface area contributed by atoms with Gasteiger partial charge < -0.3 is 5.32 Å². The number of aromatic amines is 1. The molecule has 0 radical (unpaired) electrons. The third-order valence-electron chi connectivity index (χ3n) is 3.90. The number of rotatable bonds is 4. The van der Waals surface area contributed by atoms with Gasteiger partial charge in [0.2, 0.25) is 5.82 Å². The van der Waals surface area contributed by atoms with Gasteiger partial charge in [0.05, 0.1) is 5.69 Å². The van der Waals surface area contributed by atoms with Crippen molar-refractivity contribution in [3.8, 4) is 5.69 Å². The Morgan fingerprint density at radius 2 is 2.08 bits per heavy atom. The van der Waals surface area contributed by atoms with Gasteiger partial charge in [-0.3, -0.25) is 9.89 Å². The number of anilines is 1. The molecule has 0 atom stereocenters. The number of carbonyl (C=O) groups excluding carboxylic acids is 1. The average Bonchev–Trinajstić information content (AvgIpc) is 3.19. The molecule has 0 spiro atoms. The van der Waals surface area contributed by atoms with Crippen LogP contribution < -0.4 is 5.32 Å². The van der Waals surface area contributed by atoms with Gasteiger partial charge in [0.25, 0.3) is 5.91 Å². The molecule has 1 fully saturated rings. The molecule has 4 rings (SSSR count). The van der Waals surface area contributed by atoms with E-state index in [9.17, 15) is 9.18 Å². The molecule has 0 saturated heterocycles. The molecular formula is C16H15FN6O. The van der Waals surface area contributed by atoms with Gasteiger partial charge in [-0.2, -0.15) is 5.10 Å². The highest BCUT2D eigenvalue weighted by Crippen LogP contribution is 2.39. The molecule has 0 aliphatic heterocycles. The van der Waals surface area contributed by atoms with Crippen molar-refractivity contribution in [1.29, 1.82) is 0 Å². The van der Waals surface area contributed by atoms with Gasteiger partial charge in [-0.15, -0.1) is 5.10 Å². The number of nitrogens with zero attached hydrogens (tertiary/aromatic N) is 4. The number of nitrogens with one attached hydrogen (secondary N) is 2. The van der Waals surface area contributed by atoms with Gasteiger partial charge in [0.15, 0.2) is 5.82 Å². The van der Waals surface area contributed by atoms with Crippen molar-refractivity contribution in [2.24, 2.45) is 0 Å². The lowest BCUT2D eigenvalue weighted by Gasteiger charge is -2.01. The Bertz CT molecular complexity index is 894. The number of aryl methyl sites for hydroxylation is 1. The van der Waals surface area contributed by atoms with E-state index in [-0.39, 0.29) is 11.6 Å². The van der Waals surface area contributed by atoms with Crippen LogP contribution in [0.1, 0.15) is 40.9 Å². The fourth-order valence-electron chi connectivity index (χ4n) is 2.49. The summed E-state index contributed by atoms with van der Waals surface area (Å²) >= 11 is 0. The van der Waals surface area contributed by atoms with Crippen molar-refractivity contribution < 1.29 is 9.18 Å². The van der Waals surface area contributed by atoms with Crippen molar-refractivity contribution >= 4 is 11.7 Å². The van der Waals surface area contributed by atoms with Gasteiger partial charge in [-0.25, -0.2) is 14.1 Å². The summed E-state index contributed by atoms with van der Waals surface area (Å²) in [7, 11) is 0. The predicted molar refractivity (Wildman–Crippen MR) is 84.6 cm³/mol. The molecule has 1 aromatic carbocycles. The second-order valence-electron chi connectivity index (χ2n) is 5.81. The van der Waals surface area contributed by atoms with Gasteiger partial charge in [0, 0.05) is 17.7 Å². The maximum absolute atomic E-state index is 13.0. The first-order chi connectivity index (χ1) is 11.6. The van der Waals surface area contributed by atoms with Crippen LogP contribution in [0.5, 0.6) is 0 Å². The fourth-order valence-corrected chi connectivity index (χ4v) is 2.49. The summed E-state index contributed by atoms with van der Waals surface area (Å²) in [6.07, 6.45) is 2.30. The quantitative estimate of drug-likeness (QED) is 0.771. The predicted octanol–water partition coefficient (Wildman–Crippen LogP) is 2.57. The van der Waals surface area contributed by atoms with E-state index in [4.69, 9.17) is 0 Å². The smallest absolute Gasteiger partial charge is 0.296 e. The highest BCUT2D eigenvalue weighted by Gasteiger charge is 2.26. The third-order valence-corrected chi connectivity index (χ3v) is 3.90. The Morgan fingerprint density at radius 3 is 2.79 bits per heavy atom. The minimum atomic E-state index is -0.437. The Labute approximate surface area is 136 Å². The molecule has 1 aliphatic rings. The molecule has 2 N–H and O–H groups in total. The molecule has 3 aromatic rings. The first kappa shape index (κ1) is 14.6. The summed E-state index contributed by atoms with van der Waals surface area (Å²) in [4.78, 5) is 16.5. The van der Waals surface area contributed by atoms with Crippen molar-refractivity contribution in [2.75, 3.05) is 5.32 Å². The number of H-pyrrole nitrogens is 1. The van der Waals surface area contributed by atoms with Crippen LogP contribution in [0.3, 0.4) is 0 Å². The Morgan fingerprint density at radius 1 is 1.33 bits per heavy atom. The summed E-state index contributed by atoms with van der Waals surface area (Å²) in [5.41, 5.74) is 1.67. The zero-order valence-corrected chi connectivity index (χ0v) is 13.0. The van der Waals surface area contributed by atoms with Crippen molar-refractivity contribution in [2.45, 2.75) is 25.7 Å². The van der Waals surface area contributed by atoms with Crippen molar-refractivity contribution in [1.82, 2.24) is 25.0 Å². The molecular weight excluding hydrogens is 311 g/mol. The minimum Gasteiger partial charge on any atom is -0.302 e. The summed E-state index contributed by atoms with van der Waals surface area (Å²) in [5, 5.41) is 13.9. The van der Waals surface area contributed by atoms with E-state index < -0.39 is 5.91 Å². The summed E-state index contributed by atoms with van der Waals surface area (Å²) < 4.78 is 14.5. The standard InChI is InChI=1S/C16H15FN6O/c1-9-18-15(22-23(9)12-6-4-11(17)5-7-12)16(24)19-14-8-13(20-21-14)10-2-3-10/h4-8,10H,2-3H2,1H3,(H2,19,20,21,24). The molecule has 1 amide bonds. The minimum absolute atomic E-state index is 0.0350. The van der Waals surface area contributed by atoms with Crippen LogP contribution in [0.25, 0.3) is 5.69 Å². The molecule has 2 aromatic heterocycles. The van der Waals surface area contributed by atoms with E-state index in [1.54, 1.807) is 19.1 Å². The normalized spacial score (nSPS) is 13.9. The molecule has 2 heterocycles. The van der Waals surface area contributed by atoms with Gasteiger partial charge >= 0.3 is 0 Å². The van der Waals surface area contributed by atoms with E-state index in [1.165, 1.54) is 16.8 Å². The molecule has 0 bridgehead atoms. The highest BCUT2D eigenvalue weighted by atomic mass is 19.1. The largest absolute Gasteiger partial charge is 0.302 e. The van der Waals surface area contributed by atoms with E-state index >= 15 is 0 Å². The number of carbonyl (C=O) groups is 1. The van der Waals surface area contributed by atoms with E-state index in [2.05, 4.69) is 25.6 Å². The van der Waals surface area contributed by atoms with Crippen LogP contribution in [0.15, 0.2) is 30.3 Å². The molecule has 1 aliphatic carbocycles. The lowest BCUT2D eigenvalue weighted by molar-refractivity contribution is 0.101. The van der Waals surface area contributed by atoms with Crippen LogP contribution in [-0.2, 0) is 0 Å². The van der Waals surface area contributed by atoms with Crippen LogP contribution >= 0.6 is 0 Å². The van der Waals surface area contributed by atoms with Gasteiger partial charge in [-0.1, -0.05) is 0 Å².